The normalized spacial score (nSPS) is 39.9. The molecule has 1 saturated carbocycles. The lowest BCUT2D eigenvalue weighted by molar-refractivity contribution is -0.154. The molecule has 0 bridgehead atoms. The minimum absolute atomic E-state index is 0.0210. The van der Waals surface area contributed by atoms with E-state index in [1.807, 2.05) is 11.8 Å². The SMILES string of the molecule is CC1CN(C)CCC1N1C(=O)C(C2CC2)NC(=O)C1C. The first-order valence-corrected chi connectivity index (χ1v) is 7.80. The van der Waals surface area contributed by atoms with Crippen molar-refractivity contribution in [3.8, 4) is 0 Å². The summed E-state index contributed by atoms with van der Waals surface area (Å²) in [6, 6.07) is -0.375. The molecule has 4 atom stereocenters. The number of hydrogen-bond acceptors (Lipinski definition) is 3. The highest BCUT2D eigenvalue weighted by atomic mass is 16.2. The van der Waals surface area contributed by atoms with Crippen molar-refractivity contribution in [2.45, 2.75) is 51.2 Å². The summed E-state index contributed by atoms with van der Waals surface area (Å²) in [6.45, 7) is 6.05. The predicted molar refractivity (Wildman–Crippen MR) is 76.0 cm³/mol. The van der Waals surface area contributed by atoms with E-state index in [-0.39, 0.29) is 29.9 Å². The van der Waals surface area contributed by atoms with Crippen LogP contribution in [0.5, 0.6) is 0 Å². The standard InChI is InChI=1S/C15H25N3O2/c1-9-8-17(3)7-6-12(9)18-10(2)14(19)16-13(15(18)20)11-4-5-11/h9-13H,4-8H2,1-3H3,(H,16,19). The van der Waals surface area contributed by atoms with E-state index in [0.717, 1.165) is 32.4 Å². The van der Waals surface area contributed by atoms with Crippen molar-refractivity contribution in [2.75, 3.05) is 20.1 Å². The number of nitrogens with one attached hydrogen (secondary N) is 1. The number of carbonyl (C=O) groups is 2. The summed E-state index contributed by atoms with van der Waals surface area (Å²) in [6.07, 6.45) is 3.11. The zero-order valence-corrected chi connectivity index (χ0v) is 12.6. The van der Waals surface area contributed by atoms with Crippen LogP contribution in [0.15, 0.2) is 0 Å². The second kappa shape index (κ2) is 5.02. The third-order valence-corrected chi connectivity index (χ3v) is 5.13. The van der Waals surface area contributed by atoms with Gasteiger partial charge in [-0.15, -0.1) is 0 Å². The maximum absolute atomic E-state index is 12.8. The van der Waals surface area contributed by atoms with Gasteiger partial charge in [-0.05, 0) is 51.6 Å². The van der Waals surface area contributed by atoms with Crippen molar-refractivity contribution in [2.24, 2.45) is 11.8 Å². The molecule has 0 aromatic carbocycles. The van der Waals surface area contributed by atoms with Gasteiger partial charge in [-0.2, -0.15) is 0 Å². The molecule has 3 fully saturated rings. The van der Waals surface area contributed by atoms with Crippen LogP contribution >= 0.6 is 0 Å². The fourth-order valence-electron chi connectivity index (χ4n) is 3.77. The fraction of sp³-hybridized carbons (Fsp3) is 0.867. The number of hydrogen-bond donors (Lipinski definition) is 1. The highest BCUT2D eigenvalue weighted by molar-refractivity contribution is 5.97. The lowest BCUT2D eigenvalue weighted by atomic mass is 9.89. The highest BCUT2D eigenvalue weighted by Gasteiger charge is 2.48. The molecular formula is C15H25N3O2. The summed E-state index contributed by atoms with van der Waals surface area (Å²) >= 11 is 0. The van der Waals surface area contributed by atoms with Crippen molar-refractivity contribution in [1.29, 1.82) is 0 Å². The van der Waals surface area contributed by atoms with Gasteiger partial charge in [0.05, 0.1) is 0 Å². The Kier molecular flexibility index (Phi) is 3.48. The number of rotatable bonds is 2. The summed E-state index contributed by atoms with van der Waals surface area (Å²) in [5.41, 5.74) is 0. The van der Waals surface area contributed by atoms with Crippen molar-refractivity contribution >= 4 is 11.8 Å². The first-order chi connectivity index (χ1) is 9.49. The average molecular weight is 279 g/mol. The van der Waals surface area contributed by atoms with Crippen molar-refractivity contribution in [3.05, 3.63) is 0 Å². The molecule has 0 spiro atoms. The third kappa shape index (κ3) is 2.32. The summed E-state index contributed by atoms with van der Waals surface area (Å²) < 4.78 is 0. The number of piperazine rings is 1. The van der Waals surface area contributed by atoms with Crippen molar-refractivity contribution in [1.82, 2.24) is 15.1 Å². The van der Waals surface area contributed by atoms with Crippen LogP contribution < -0.4 is 5.32 Å². The van der Waals surface area contributed by atoms with E-state index in [9.17, 15) is 9.59 Å². The van der Waals surface area contributed by atoms with Gasteiger partial charge in [0, 0.05) is 12.6 Å². The van der Waals surface area contributed by atoms with Gasteiger partial charge in [0.2, 0.25) is 11.8 Å². The molecule has 20 heavy (non-hydrogen) atoms. The van der Waals surface area contributed by atoms with E-state index in [1.54, 1.807) is 0 Å². The van der Waals surface area contributed by atoms with E-state index >= 15 is 0 Å². The van der Waals surface area contributed by atoms with Crippen molar-refractivity contribution in [3.63, 3.8) is 0 Å². The molecule has 5 nitrogen and oxygen atoms in total. The minimum Gasteiger partial charge on any atom is -0.342 e. The molecule has 0 aromatic rings. The van der Waals surface area contributed by atoms with Crippen LogP contribution in [-0.4, -0.2) is 59.9 Å². The predicted octanol–water partition coefficient (Wildman–Crippen LogP) is 0.452. The third-order valence-electron chi connectivity index (χ3n) is 5.13. The molecule has 112 valence electrons. The number of amides is 2. The number of piperidine rings is 1. The second-order valence-electron chi connectivity index (χ2n) is 6.84. The Labute approximate surface area is 120 Å². The second-order valence-corrected chi connectivity index (χ2v) is 6.84. The lowest BCUT2D eigenvalue weighted by Crippen LogP contribution is -2.67. The molecule has 5 heteroatoms. The Balaban J connectivity index is 1.81. The molecule has 2 heterocycles. The van der Waals surface area contributed by atoms with E-state index < -0.39 is 0 Å². The van der Waals surface area contributed by atoms with Crippen LogP contribution in [0, 0.1) is 11.8 Å². The van der Waals surface area contributed by atoms with Gasteiger partial charge in [0.15, 0.2) is 0 Å². The Morgan fingerprint density at radius 2 is 1.85 bits per heavy atom. The summed E-state index contributed by atoms with van der Waals surface area (Å²) in [7, 11) is 2.12. The Morgan fingerprint density at radius 1 is 1.15 bits per heavy atom. The molecule has 2 amide bonds. The van der Waals surface area contributed by atoms with Gasteiger partial charge in [0.1, 0.15) is 12.1 Å². The first-order valence-electron chi connectivity index (χ1n) is 7.80. The van der Waals surface area contributed by atoms with Gasteiger partial charge >= 0.3 is 0 Å². The highest BCUT2D eigenvalue weighted by Crippen LogP contribution is 2.36. The quantitative estimate of drug-likeness (QED) is 0.798. The van der Waals surface area contributed by atoms with Crippen LogP contribution in [0.3, 0.4) is 0 Å². The lowest BCUT2D eigenvalue weighted by Gasteiger charge is -2.47. The van der Waals surface area contributed by atoms with Gasteiger partial charge < -0.3 is 15.1 Å². The van der Waals surface area contributed by atoms with E-state index in [4.69, 9.17) is 0 Å². The topological polar surface area (TPSA) is 52.6 Å². The largest absolute Gasteiger partial charge is 0.342 e. The minimum atomic E-state index is -0.326. The average Bonchev–Trinajstić information content (AvgIpc) is 3.21. The molecule has 2 saturated heterocycles. The van der Waals surface area contributed by atoms with Gasteiger partial charge in [-0.3, -0.25) is 9.59 Å². The monoisotopic (exact) mass is 279 g/mol. The molecule has 1 aliphatic carbocycles. The molecule has 1 N–H and O–H groups in total. The summed E-state index contributed by atoms with van der Waals surface area (Å²) in [4.78, 5) is 29.2. The first kappa shape index (κ1) is 13.9. The molecule has 0 aromatic heterocycles. The van der Waals surface area contributed by atoms with E-state index in [1.165, 1.54) is 0 Å². The molecule has 3 rings (SSSR count). The number of likely N-dealkylation sites (tertiary alicyclic amines) is 1. The van der Waals surface area contributed by atoms with Gasteiger partial charge in [-0.1, -0.05) is 6.92 Å². The Morgan fingerprint density at radius 3 is 2.45 bits per heavy atom. The van der Waals surface area contributed by atoms with Crippen LogP contribution in [0.25, 0.3) is 0 Å². The molecular weight excluding hydrogens is 254 g/mol. The molecule has 3 aliphatic rings. The number of carbonyl (C=O) groups excluding carboxylic acids is 2. The Bertz CT molecular complexity index is 421. The van der Waals surface area contributed by atoms with Gasteiger partial charge in [-0.25, -0.2) is 0 Å². The summed E-state index contributed by atoms with van der Waals surface area (Å²) in [5.74, 6) is 0.975. The van der Waals surface area contributed by atoms with E-state index in [2.05, 4.69) is 24.2 Å². The molecule has 0 radical (unpaired) electrons. The molecule has 4 unspecified atom stereocenters. The smallest absolute Gasteiger partial charge is 0.246 e. The Hall–Kier alpha value is -1.10. The van der Waals surface area contributed by atoms with Crippen molar-refractivity contribution < 1.29 is 9.59 Å². The van der Waals surface area contributed by atoms with Crippen LogP contribution in [0.4, 0.5) is 0 Å². The fourth-order valence-corrected chi connectivity index (χ4v) is 3.77. The zero-order chi connectivity index (χ0) is 14.4. The van der Waals surface area contributed by atoms with Crippen LogP contribution in [-0.2, 0) is 9.59 Å². The maximum Gasteiger partial charge on any atom is 0.246 e. The van der Waals surface area contributed by atoms with Crippen LogP contribution in [0.2, 0.25) is 0 Å². The van der Waals surface area contributed by atoms with Crippen LogP contribution in [0.1, 0.15) is 33.1 Å². The van der Waals surface area contributed by atoms with E-state index in [0.29, 0.717) is 11.8 Å². The zero-order valence-electron chi connectivity index (χ0n) is 12.6. The molecule has 2 aliphatic heterocycles. The van der Waals surface area contributed by atoms with Gasteiger partial charge in [0.25, 0.3) is 0 Å². The maximum atomic E-state index is 12.8. The number of nitrogens with zero attached hydrogens (tertiary/aromatic N) is 2. The summed E-state index contributed by atoms with van der Waals surface area (Å²) in [5, 5.41) is 2.93.